The average molecular weight is 856 g/mol. The summed E-state index contributed by atoms with van der Waals surface area (Å²) in [6.07, 6.45) is -11.3. The first-order valence-electron chi connectivity index (χ1n) is 20.6. The summed E-state index contributed by atoms with van der Waals surface area (Å²) >= 11 is 0. The zero-order chi connectivity index (χ0) is 44.9. The fraction of sp³-hybridized carbons (Fsp3) is 0.468. The minimum absolute atomic E-state index is 0.0421. The topological polar surface area (TPSA) is 224 Å². The Hall–Kier alpha value is -5.45. The Morgan fingerprint density at radius 2 is 1.42 bits per heavy atom. The Labute approximate surface area is 359 Å². The van der Waals surface area contributed by atoms with Gasteiger partial charge in [0.25, 0.3) is 5.91 Å². The number of aliphatic hydroxyl groups excluding tert-OH is 3. The van der Waals surface area contributed by atoms with Crippen LogP contribution in [0.1, 0.15) is 86.7 Å². The monoisotopic (exact) mass is 855 g/mol. The molecule has 4 aliphatic rings. The van der Waals surface area contributed by atoms with Gasteiger partial charge in [0.15, 0.2) is 17.8 Å². The molecular formula is C47H53NO14. The molecule has 2 saturated carbocycles. The summed E-state index contributed by atoms with van der Waals surface area (Å²) in [6, 6.07) is 23.2. The first-order valence-corrected chi connectivity index (χ1v) is 20.6. The van der Waals surface area contributed by atoms with E-state index in [0.29, 0.717) is 5.56 Å². The predicted octanol–water partition coefficient (Wildman–Crippen LogP) is 3.53. The molecule has 0 spiro atoms. The molecule has 1 saturated heterocycles. The molecule has 0 unspecified atom stereocenters. The standard InChI is InChI=1S/C47H53NO14/c1-25-31(60-43(56)36(52)35(28-16-10-7-11-17-28)48-41(54)29-18-12-8-13-19-29)23-46(44(4,5)57)34(25)37(59-26(2)49)39(53)45(6)32(51)22-33-47(24-58-33,62-27(3)50)38(45)40(46)61-42(55)30-20-14-9-15-21-30/h7-21,31-33,35-40,51-53,57H,22-24H2,1-6H3,(H,48,54)/t31-,32-,33+,35-,36+,37-,38-,39-,40-,45+,46-,47-/m0/s1. The van der Waals surface area contributed by atoms with Crippen molar-refractivity contribution in [3.05, 3.63) is 119 Å². The van der Waals surface area contributed by atoms with Gasteiger partial charge in [-0.2, -0.15) is 0 Å². The average Bonchev–Trinajstić information content (AvgIpc) is 3.50. The molecular weight excluding hydrogens is 803 g/mol. The lowest BCUT2D eigenvalue weighted by atomic mass is 9.49. The number of esters is 4. The summed E-state index contributed by atoms with van der Waals surface area (Å²) in [5.74, 6) is -5.57. The largest absolute Gasteiger partial charge is 0.457 e. The summed E-state index contributed by atoms with van der Waals surface area (Å²) in [6.45, 7) is 8.00. The third-order valence-corrected chi connectivity index (χ3v) is 13.6. The molecule has 15 nitrogen and oxygen atoms in total. The van der Waals surface area contributed by atoms with Crippen LogP contribution in [0.2, 0.25) is 0 Å². The molecule has 3 fully saturated rings. The zero-order valence-electron chi connectivity index (χ0n) is 35.3. The van der Waals surface area contributed by atoms with E-state index in [2.05, 4.69) is 5.32 Å². The quantitative estimate of drug-likeness (QED) is 0.106. The van der Waals surface area contributed by atoms with Gasteiger partial charge in [-0.1, -0.05) is 73.7 Å². The second kappa shape index (κ2) is 16.7. The fourth-order valence-electron chi connectivity index (χ4n) is 10.6. The maximum Gasteiger partial charge on any atom is 0.338 e. The lowest BCUT2D eigenvalue weighted by molar-refractivity contribution is -0.351. The summed E-state index contributed by atoms with van der Waals surface area (Å²) < 4.78 is 30.8. The van der Waals surface area contributed by atoms with Gasteiger partial charge in [-0.05, 0) is 61.7 Å². The molecule has 62 heavy (non-hydrogen) atoms. The number of hydrogen-bond acceptors (Lipinski definition) is 14. The highest BCUT2D eigenvalue weighted by Gasteiger charge is 2.79. The maximum absolute atomic E-state index is 14.4. The highest BCUT2D eigenvalue weighted by Crippen LogP contribution is 2.68. The molecule has 330 valence electrons. The van der Waals surface area contributed by atoms with Crippen LogP contribution in [0.4, 0.5) is 0 Å². The minimum Gasteiger partial charge on any atom is -0.457 e. The SMILES string of the molecule is CC(=O)O[C@H]1C2=C(C)[C@@H](OC(=O)[C@H](O)[C@@H](NC(=O)c3ccccc3)c3ccccc3)C[C@@]2(C(C)(C)O)[C@@H](OC(=O)c2ccccc2)[C@@H]2[C@]3(OC(C)=O)CO[C@@H]3C[C@H](O)[C@@]2(C)[C@H]1O. The van der Waals surface area contributed by atoms with Crippen molar-refractivity contribution in [2.45, 2.75) is 114 Å². The Kier molecular flexibility index (Phi) is 12.0. The Morgan fingerprint density at radius 1 is 0.839 bits per heavy atom. The summed E-state index contributed by atoms with van der Waals surface area (Å²) in [5, 5.41) is 52.2. The molecule has 7 rings (SSSR count). The smallest absolute Gasteiger partial charge is 0.338 e. The normalized spacial score (nSPS) is 32.3. The van der Waals surface area contributed by atoms with Gasteiger partial charge in [-0.15, -0.1) is 0 Å². The minimum atomic E-state index is -2.01. The van der Waals surface area contributed by atoms with Gasteiger partial charge in [0.05, 0.1) is 41.3 Å². The van der Waals surface area contributed by atoms with E-state index < -0.39 is 107 Å². The van der Waals surface area contributed by atoms with E-state index in [0.717, 1.165) is 6.92 Å². The lowest BCUT2D eigenvalue weighted by Gasteiger charge is -2.65. The number of amides is 1. The van der Waals surface area contributed by atoms with E-state index in [9.17, 15) is 44.4 Å². The molecule has 15 heteroatoms. The van der Waals surface area contributed by atoms with Crippen molar-refractivity contribution in [3.63, 3.8) is 0 Å². The zero-order valence-corrected chi connectivity index (χ0v) is 35.3. The van der Waals surface area contributed by atoms with E-state index >= 15 is 0 Å². The number of carbonyl (C=O) groups is 5. The number of fused-ring (bicyclic) bond motifs is 4. The van der Waals surface area contributed by atoms with Crippen LogP contribution in [-0.2, 0) is 38.1 Å². The van der Waals surface area contributed by atoms with E-state index in [4.69, 9.17) is 23.7 Å². The van der Waals surface area contributed by atoms with E-state index in [-0.39, 0.29) is 41.7 Å². The number of benzene rings is 3. The first kappa shape index (κ1) is 44.6. The van der Waals surface area contributed by atoms with Crippen molar-refractivity contribution in [3.8, 4) is 0 Å². The second-order valence-corrected chi connectivity index (χ2v) is 17.5. The number of nitrogens with one attached hydrogen (secondary N) is 1. The van der Waals surface area contributed by atoms with Crippen LogP contribution in [0.3, 0.4) is 0 Å². The van der Waals surface area contributed by atoms with Crippen molar-refractivity contribution >= 4 is 29.8 Å². The second-order valence-electron chi connectivity index (χ2n) is 17.5. The van der Waals surface area contributed by atoms with Gasteiger partial charge >= 0.3 is 23.9 Å². The Morgan fingerprint density at radius 3 is 1.95 bits per heavy atom. The molecule has 0 radical (unpaired) electrons. The van der Waals surface area contributed by atoms with Crippen molar-refractivity contribution in [1.29, 1.82) is 0 Å². The number of rotatable bonds is 11. The molecule has 0 bridgehead atoms. The highest BCUT2D eigenvalue weighted by molar-refractivity contribution is 5.95. The van der Waals surface area contributed by atoms with Gasteiger partial charge in [-0.3, -0.25) is 14.4 Å². The van der Waals surface area contributed by atoms with Crippen molar-refractivity contribution in [2.75, 3.05) is 6.61 Å². The van der Waals surface area contributed by atoms with E-state index in [1.54, 1.807) is 85.8 Å². The molecule has 3 aromatic rings. The van der Waals surface area contributed by atoms with Crippen LogP contribution in [0.5, 0.6) is 0 Å². The van der Waals surface area contributed by atoms with Crippen LogP contribution in [0.25, 0.3) is 0 Å². The van der Waals surface area contributed by atoms with Crippen molar-refractivity contribution in [1.82, 2.24) is 5.32 Å². The molecule has 12 atom stereocenters. The molecule has 3 aromatic carbocycles. The fourth-order valence-corrected chi connectivity index (χ4v) is 10.6. The number of hydrogen-bond donors (Lipinski definition) is 5. The van der Waals surface area contributed by atoms with E-state index in [1.165, 1.54) is 39.8 Å². The Bertz CT molecular complexity index is 2230. The van der Waals surface area contributed by atoms with Gasteiger partial charge < -0.3 is 49.4 Å². The van der Waals surface area contributed by atoms with Gasteiger partial charge in [0, 0.05) is 37.7 Å². The molecule has 0 aromatic heterocycles. The summed E-state index contributed by atoms with van der Waals surface area (Å²) in [7, 11) is 0. The molecule has 3 aliphatic carbocycles. The molecule has 1 aliphatic heterocycles. The third kappa shape index (κ3) is 7.38. The molecule has 5 N–H and O–H groups in total. The van der Waals surface area contributed by atoms with Gasteiger partial charge in [0.2, 0.25) is 0 Å². The first-order chi connectivity index (χ1) is 29.3. The van der Waals surface area contributed by atoms with Crippen molar-refractivity contribution < 1.29 is 68.1 Å². The predicted molar refractivity (Wildman–Crippen MR) is 219 cm³/mol. The number of aliphatic hydroxyl groups is 4. The summed E-state index contributed by atoms with van der Waals surface area (Å²) in [4.78, 5) is 68.3. The van der Waals surface area contributed by atoms with Crippen LogP contribution in [-0.4, -0.2) is 111 Å². The van der Waals surface area contributed by atoms with Gasteiger partial charge in [-0.25, -0.2) is 9.59 Å². The third-order valence-electron chi connectivity index (χ3n) is 13.6. The highest BCUT2D eigenvalue weighted by atomic mass is 16.6. The molecule has 1 heterocycles. The number of ether oxygens (including phenoxy) is 5. The maximum atomic E-state index is 14.4. The molecule has 1 amide bonds. The van der Waals surface area contributed by atoms with Crippen molar-refractivity contribution in [2.24, 2.45) is 16.7 Å². The van der Waals surface area contributed by atoms with Crippen LogP contribution in [0.15, 0.2) is 102 Å². The Balaban J connectivity index is 1.39. The lowest BCUT2D eigenvalue weighted by Crippen LogP contribution is -2.78. The van der Waals surface area contributed by atoms with Crippen LogP contribution >= 0.6 is 0 Å². The number of carbonyl (C=O) groups excluding carboxylic acids is 5. The van der Waals surface area contributed by atoms with E-state index in [1.807, 2.05) is 0 Å². The van der Waals surface area contributed by atoms with Gasteiger partial charge in [0.1, 0.15) is 24.4 Å². The summed E-state index contributed by atoms with van der Waals surface area (Å²) in [5.41, 5.74) is -6.43. The van der Waals surface area contributed by atoms with Crippen LogP contribution in [0, 0.1) is 16.7 Å². The van der Waals surface area contributed by atoms with Crippen LogP contribution < -0.4 is 5.32 Å².